The van der Waals surface area contributed by atoms with Crippen molar-refractivity contribution in [2.75, 3.05) is 13.2 Å². The van der Waals surface area contributed by atoms with Gasteiger partial charge in [-0.3, -0.25) is 14.1 Å². The zero-order valence-corrected chi connectivity index (χ0v) is 18.8. The van der Waals surface area contributed by atoms with Crippen molar-refractivity contribution in [2.24, 2.45) is 0 Å². The minimum Gasteiger partial charge on any atom is -0.447 e. The van der Waals surface area contributed by atoms with Gasteiger partial charge in [0.2, 0.25) is 6.29 Å². The lowest BCUT2D eigenvalue weighted by Gasteiger charge is -2.38. The van der Waals surface area contributed by atoms with E-state index in [4.69, 9.17) is 13.8 Å². The molecule has 2 aliphatic heterocycles. The van der Waals surface area contributed by atoms with Gasteiger partial charge >= 0.3 is 32.8 Å². The van der Waals surface area contributed by atoms with Gasteiger partial charge in [0.05, 0.1) is 13.0 Å². The number of aromatic nitrogens is 1. The van der Waals surface area contributed by atoms with E-state index in [1.54, 1.807) is 0 Å². The monoisotopic (exact) mass is 519 g/mol. The Hall–Kier alpha value is -2.54. The number of rotatable bonds is 4. The topological polar surface area (TPSA) is 185 Å². The number of hydrogen-bond donors (Lipinski definition) is 4. The lowest BCUT2D eigenvalue weighted by molar-refractivity contribution is -0.0684. The molecule has 1 aromatic carbocycles. The maximum atomic E-state index is 14.5. The van der Waals surface area contributed by atoms with Gasteiger partial charge in [0.1, 0.15) is 6.61 Å². The molecule has 1 aromatic heterocycles. The molecule has 182 valence electrons. The highest BCUT2D eigenvalue weighted by atomic mass is 31.3. The van der Waals surface area contributed by atoms with Crippen LogP contribution in [0.3, 0.4) is 0 Å². The summed E-state index contributed by atoms with van der Waals surface area (Å²) in [6, 6.07) is 5.58. The van der Waals surface area contributed by atoms with E-state index in [2.05, 4.69) is 9.72 Å². The second kappa shape index (κ2) is 8.91. The number of amides is 2. The van der Waals surface area contributed by atoms with E-state index < -0.39 is 57.1 Å². The average Bonchev–Trinajstić information content (AvgIpc) is 3.20. The molecule has 0 bridgehead atoms. The van der Waals surface area contributed by atoms with E-state index in [0.29, 0.717) is 11.0 Å². The summed E-state index contributed by atoms with van der Waals surface area (Å²) in [6.07, 6.45) is -2.18. The molecule has 3 heterocycles. The molecule has 0 radical (unpaired) electrons. The summed E-state index contributed by atoms with van der Waals surface area (Å²) in [6.45, 7) is -0.110. The van der Waals surface area contributed by atoms with Crippen molar-refractivity contribution in [1.82, 2.24) is 9.88 Å². The van der Waals surface area contributed by atoms with Gasteiger partial charge in [-0.25, -0.2) is 18.9 Å². The normalized spacial score (nSPS) is 28.4. The lowest BCUT2D eigenvalue weighted by atomic mass is 10.2. The molecule has 3 atom stereocenters. The smallest absolute Gasteiger partial charge is 0.447 e. The maximum Gasteiger partial charge on any atom is 0.457 e. The lowest BCUT2D eigenvalue weighted by Crippen LogP contribution is -2.40. The predicted molar refractivity (Wildman–Crippen MR) is 109 cm³/mol. The summed E-state index contributed by atoms with van der Waals surface area (Å²) in [5.41, 5.74) is -0.0976. The highest BCUT2D eigenvalue weighted by Gasteiger charge is 2.77. The SMILES string of the molecule is O=C1OCCN1C(=O)Oc1ccc(C2OP(=O)(O)C(O)(Cc3cccnc3)[P+](O)(O)O2)cc1F. The summed E-state index contributed by atoms with van der Waals surface area (Å²) in [4.78, 5) is 59.1. The molecule has 4 N–H and O–H groups in total. The third-order valence-electron chi connectivity index (χ3n) is 4.97. The Kier molecular flexibility index (Phi) is 6.44. The summed E-state index contributed by atoms with van der Waals surface area (Å²) >= 11 is 0. The van der Waals surface area contributed by atoms with Crippen LogP contribution in [0.15, 0.2) is 42.7 Å². The van der Waals surface area contributed by atoms with Gasteiger partial charge in [0.15, 0.2) is 11.6 Å². The Labute approximate surface area is 191 Å². The molecular weight excluding hydrogens is 501 g/mol. The molecule has 2 saturated heterocycles. The first-order chi connectivity index (χ1) is 15.9. The number of hydrogen-bond acceptors (Lipinski definition) is 11. The van der Waals surface area contributed by atoms with Gasteiger partial charge in [-0.05, 0) is 29.8 Å². The van der Waals surface area contributed by atoms with E-state index in [9.17, 15) is 38.3 Å². The Morgan fingerprint density at radius 2 is 2.15 bits per heavy atom. The molecule has 3 unspecified atom stereocenters. The van der Waals surface area contributed by atoms with Gasteiger partial charge in [-0.1, -0.05) is 6.07 Å². The van der Waals surface area contributed by atoms with Crippen LogP contribution in [0, 0.1) is 5.82 Å². The second-order valence-electron chi connectivity index (χ2n) is 7.24. The third kappa shape index (κ3) is 4.42. The van der Waals surface area contributed by atoms with Crippen LogP contribution < -0.4 is 4.74 Å². The van der Waals surface area contributed by atoms with Crippen molar-refractivity contribution in [3.8, 4) is 5.75 Å². The van der Waals surface area contributed by atoms with E-state index in [-0.39, 0.29) is 24.3 Å². The largest absolute Gasteiger partial charge is 0.457 e. The van der Waals surface area contributed by atoms with Crippen LogP contribution in [-0.4, -0.2) is 60.1 Å². The third-order valence-corrected chi connectivity index (χ3v) is 9.63. The molecule has 16 heteroatoms. The van der Waals surface area contributed by atoms with Crippen LogP contribution in [0.1, 0.15) is 17.4 Å². The van der Waals surface area contributed by atoms with Gasteiger partial charge in [0, 0.05) is 18.0 Å². The van der Waals surface area contributed by atoms with E-state index in [0.717, 1.165) is 12.1 Å². The molecule has 2 amide bonds. The average molecular weight is 519 g/mol. The van der Waals surface area contributed by atoms with Crippen LogP contribution in [0.25, 0.3) is 0 Å². The number of ether oxygens (including phenoxy) is 2. The number of nitrogens with zero attached hydrogens (tertiary/aromatic N) is 2. The number of carbonyl (C=O) groups excluding carboxylic acids is 2. The van der Waals surface area contributed by atoms with Crippen molar-refractivity contribution in [3.05, 3.63) is 59.7 Å². The number of pyridine rings is 1. The first-order valence-electron chi connectivity index (χ1n) is 9.55. The molecule has 34 heavy (non-hydrogen) atoms. The highest BCUT2D eigenvalue weighted by molar-refractivity contribution is 7.76. The van der Waals surface area contributed by atoms with Crippen LogP contribution >= 0.6 is 15.5 Å². The summed E-state index contributed by atoms with van der Waals surface area (Å²) in [5, 5.41) is 7.65. The molecule has 0 saturated carbocycles. The fourth-order valence-electron chi connectivity index (χ4n) is 3.17. The highest BCUT2D eigenvalue weighted by Crippen LogP contribution is 2.82. The number of cyclic esters (lactones) is 1. The van der Waals surface area contributed by atoms with E-state index in [1.165, 1.54) is 24.5 Å². The predicted octanol–water partition coefficient (Wildman–Crippen LogP) is 2.04. The van der Waals surface area contributed by atoms with Gasteiger partial charge in [-0.15, -0.1) is 4.52 Å². The minimum absolute atomic E-state index is 0.0345. The number of benzene rings is 1. The van der Waals surface area contributed by atoms with Crippen LogP contribution in [-0.2, 0) is 24.8 Å². The van der Waals surface area contributed by atoms with Gasteiger partial charge in [0.25, 0.3) is 0 Å². The summed E-state index contributed by atoms with van der Waals surface area (Å²) < 4.78 is 46.7. The molecule has 4 rings (SSSR count). The number of imide groups is 1. The Balaban J connectivity index is 1.54. The molecule has 13 nitrogen and oxygen atoms in total. The Morgan fingerprint density at radius 3 is 2.74 bits per heavy atom. The first-order valence-corrected chi connectivity index (χ1v) is 12.7. The quantitative estimate of drug-likeness (QED) is 0.432. The number of aliphatic hydroxyl groups is 1. The van der Waals surface area contributed by atoms with Crippen molar-refractivity contribution in [2.45, 2.75) is 17.8 Å². The fourth-order valence-corrected chi connectivity index (χ4v) is 6.80. The van der Waals surface area contributed by atoms with E-state index in [1.807, 2.05) is 0 Å². The van der Waals surface area contributed by atoms with E-state index >= 15 is 0 Å². The second-order valence-corrected chi connectivity index (χ2v) is 11.6. The molecule has 0 aliphatic carbocycles. The van der Waals surface area contributed by atoms with Crippen molar-refractivity contribution >= 4 is 27.7 Å². The number of halogens is 1. The summed E-state index contributed by atoms with van der Waals surface area (Å²) in [5.74, 6) is -1.76. The minimum atomic E-state index is -5.20. The standard InChI is InChI=1S/C18H17FN2O11P2/c19-13-8-12(3-4-14(13)30-17(23)21-6-7-29-16(21)22)15-31-33(25,26)18(24,34(27,28)32-15)9-11-2-1-5-20-10-11/h1-5,8,10,15,24-26H,6-7,9H2/p+1. The van der Waals surface area contributed by atoms with Gasteiger partial charge < -0.3 is 19.5 Å². The van der Waals surface area contributed by atoms with Crippen molar-refractivity contribution < 1.29 is 56.9 Å². The van der Waals surface area contributed by atoms with Crippen LogP contribution in [0.5, 0.6) is 5.75 Å². The zero-order valence-electron chi connectivity index (χ0n) is 17.1. The van der Waals surface area contributed by atoms with Crippen LogP contribution in [0.2, 0.25) is 0 Å². The molecule has 2 aromatic rings. The Morgan fingerprint density at radius 1 is 1.38 bits per heavy atom. The molecule has 2 aliphatic rings. The maximum absolute atomic E-state index is 14.5. The van der Waals surface area contributed by atoms with Crippen molar-refractivity contribution in [3.63, 3.8) is 0 Å². The van der Waals surface area contributed by atoms with Gasteiger partial charge in [-0.2, -0.15) is 9.79 Å². The summed E-state index contributed by atoms with van der Waals surface area (Å²) in [7, 11) is -10.2. The molecular formula is C18H18FN2O11P2+. The molecule has 2 fully saturated rings. The zero-order chi connectivity index (χ0) is 24.7. The number of carbonyl (C=O) groups is 2. The fraction of sp³-hybridized carbons (Fsp3) is 0.278. The van der Waals surface area contributed by atoms with Crippen LogP contribution in [0.4, 0.5) is 14.0 Å². The molecule has 0 spiro atoms. The first kappa shape index (κ1) is 24.6. The van der Waals surface area contributed by atoms with Crippen molar-refractivity contribution in [1.29, 1.82) is 0 Å². The Bertz CT molecular complexity index is 1170.